The van der Waals surface area contributed by atoms with Crippen LogP contribution in [0.5, 0.6) is 0 Å². The molecule has 1 aliphatic rings. The zero-order valence-electron chi connectivity index (χ0n) is 10.8. The van der Waals surface area contributed by atoms with Crippen molar-refractivity contribution in [3.63, 3.8) is 0 Å². The van der Waals surface area contributed by atoms with Crippen LogP contribution in [0.1, 0.15) is 31.7 Å². The molecule has 2 atom stereocenters. The van der Waals surface area contributed by atoms with Gasteiger partial charge in [0.25, 0.3) is 0 Å². The lowest BCUT2D eigenvalue weighted by molar-refractivity contribution is 0.151. The first-order valence-electron chi connectivity index (χ1n) is 6.79. The Morgan fingerprint density at radius 1 is 1.29 bits per heavy atom. The SMILES string of the molecule is CC1CCCCN1CC(N)Cc1ccccc1. The monoisotopic (exact) mass is 232 g/mol. The van der Waals surface area contributed by atoms with E-state index >= 15 is 0 Å². The van der Waals surface area contributed by atoms with Crippen LogP contribution in [0.15, 0.2) is 30.3 Å². The third-order valence-corrected chi connectivity index (χ3v) is 3.75. The number of hydrogen-bond acceptors (Lipinski definition) is 2. The second-order valence-electron chi connectivity index (χ2n) is 5.29. The largest absolute Gasteiger partial charge is 0.326 e. The minimum Gasteiger partial charge on any atom is -0.326 e. The topological polar surface area (TPSA) is 29.3 Å². The summed E-state index contributed by atoms with van der Waals surface area (Å²) < 4.78 is 0. The zero-order valence-corrected chi connectivity index (χ0v) is 10.8. The van der Waals surface area contributed by atoms with E-state index < -0.39 is 0 Å². The normalized spacial score (nSPS) is 23.5. The van der Waals surface area contributed by atoms with Gasteiger partial charge in [0.2, 0.25) is 0 Å². The number of benzene rings is 1. The number of likely N-dealkylation sites (tertiary alicyclic amines) is 1. The highest BCUT2D eigenvalue weighted by Gasteiger charge is 2.20. The number of nitrogens with zero attached hydrogens (tertiary/aromatic N) is 1. The highest BCUT2D eigenvalue weighted by molar-refractivity contribution is 5.15. The predicted molar refractivity (Wildman–Crippen MR) is 73.0 cm³/mol. The molecular weight excluding hydrogens is 208 g/mol. The standard InChI is InChI=1S/C15H24N2/c1-13-7-5-6-10-17(13)12-15(16)11-14-8-3-2-4-9-14/h2-4,8-9,13,15H,5-7,10-12,16H2,1H3. The first-order valence-corrected chi connectivity index (χ1v) is 6.79. The van der Waals surface area contributed by atoms with Crippen molar-refractivity contribution < 1.29 is 0 Å². The van der Waals surface area contributed by atoms with Gasteiger partial charge in [0.1, 0.15) is 0 Å². The second kappa shape index (κ2) is 6.18. The Balaban J connectivity index is 1.82. The Kier molecular flexibility index (Phi) is 4.57. The summed E-state index contributed by atoms with van der Waals surface area (Å²) in [6, 6.07) is 11.5. The Bertz CT molecular complexity index is 323. The summed E-state index contributed by atoms with van der Waals surface area (Å²) >= 11 is 0. The van der Waals surface area contributed by atoms with Gasteiger partial charge in [-0.1, -0.05) is 36.8 Å². The van der Waals surface area contributed by atoms with E-state index in [4.69, 9.17) is 5.73 Å². The minimum atomic E-state index is 0.262. The summed E-state index contributed by atoms with van der Waals surface area (Å²) in [7, 11) is 0. The number of nitrogens with two attached hydrogens (primary N) is 1. The van der Waals surface area contributed by atoms with Crippen molar-refractivity contribution in [1.29, 1.82) is 0 Å². The van der Waals surface area contributed by atoms with Crippen LogP contribution < -0.4 is 5.73 Å². The fourth-order valence-corrected chi connectivity index (χ4v) is 2.71. The van der Waals surface area contributed by atoms with E-state index in [0.717, 1.165) is 13.0 Å². The van der Waals surface area contributed by atoms with Crippen LogP contribution in [0, 0.1) is 0 Å². The molecule has 1 aliphatic heterocycles. The van der Waals surface area contributed by atoms with E-state index in [1.165, 1.54) is 31.4 Å². The molecule has 94 valence electrons. The van der Waals surface area contributed by atoms with Gasteiger partial charge in [0.05, 0.1) is 0 Å². The van der Waals surface area contributed by atoms with E-state index in [0.29, 0.717) is 6.04 Å². The molecule has 0 aliphatic carbocycles. The summed E-state index contributed by atoms with van der Waals surface area (Å²) in [5.74, 6) is 0. The van der Waals surface area contributed by atoms with Gasteiger partial charge in [-0.3, -0.25) is 4.90 Å². The van der Waals surface area contributed by atoms with E-state index in [9.17, 15) is 0 Å². The quantitative estimate of drug-likeness (QED) is 0.864. The lowest BCUT2D eigenvalue weighted by Gasteiger charge is -2.35. The molecule has 0 saturated carbocycles. The summed E-state index contributed by atoms with van der Waals surface area (Å²) in [5.41, 5.74) is 7.61. The fraction of sp³-hybridized carbons (Fsp3) is 0.600. The van der Waals surface area contributed by atoms with Crippen LogP contribution in [0.25, 0.3) is 0 Å². The van der Waals surface area contributed by atoms with Gasteiger partial charge in [0.15, 0.2) is 0 Å². The molecule has 1 aromatic rings. The molecule has 0 bridgehead atoms. The van der Waals surface area contributed by atoms with Crippen LogP contribution in [0.4, 0.5) is 0 Å². The minimum absolute atomic E-state index is 0.262. The smallest absolute Gasteiger partial charge is 0.0208 e. The summed E-state index contributed by atoms with van der Waals surface area (Å²) in [6.07, 6.45) is 5.04. The molecule has 1 fully saturated rings. The fourth-order valence-electron chi connectivity index (χ4n) is 2.71. The molecule has 0 aromatic heterocycles. The van der Waals surface area contributed by atoms with Crippen LogP contribution >= 0.6 is 0 Å². The molecule has 2 unspecified atom stereocenters. The van der Waals surface area contributed by atoms with E-state index in [1.807, 2.05) is 0 Å². The van der Waals surface area contributed by atoms with Crippen LogP contribution in [-0.2, 0) is 6.42 Å². The molecule has 0 amide bonds. The lowest BCUT2D eigenvalue weighted by atomic mass is 10.0. The molecule has 0 radical (unpaired) electrons. The Hall–Kier alpha value is -0.860. The number of rotatable bonds is 4. The van der Waals surface area contributed by atoms with Crippen LogP contribution in [0.3, 0.4) is 0 Å². The van der Waals surface area contributed by atoms with Crippen molar-refractivity contribution in [2.24, 2.45) is 5.73 Å². The van der Waals surface area contributed by atoms with E-state index in [-0.39, 0.29) is 6.04 Å². The van der Waals surface area contributed by atoms with Crippen molar-refractivity contribution in [2.75, 3.05) is 13.1 Å². The van der Waals surface area contributed by atoms with Gasteiger partial charge < -0.3 is 5.73 Å². The van der Waals surface area contributed by atoms with Crippen molar-refractivity contribution in [1.82, 2.24) is 4.90 Å². The third kappa shape index (κ3) is 3.83. The van der Waals surface area contributed by atoms with Gasteiger partial charge in [0, 0.05) is 18.6 Å². The highest BCUT2D eigenvalue weighted by Crippen LogP contribution is 2.16. The highest BCUT2D eigenvalue weighted by atomic mass is 15.2. The van der Waals surface area contributed by atoms with Gasteiger partial charge in [-0.15, -0.1) is 0 Å². The van der Waals surface area contributed by atoms with Gasteiger partial charge >= 0.3 is 0 Å². The van der Waals surface area contributed by atoms with Crippen molar-refractivity contribution >= 4 is 0 Å². The molecule has 2 rings (SSSR count). The maximum absolute atomic E-state index is 6.26. The van der Waals surface area contributed by atoms with Crippen molar-refractivity contribution in [3.8, 4) is 0 Å². The molecule has 1 saturated heterocycles. The van der Waals surface area contributed by atoms with Crippen LogP contribution in [0.2, 0.25) is 0 Å². The Labute approximate surface area is 105 Å². The van der Waals surface area contributed by atoms with E-state index in [1.54, 1.807) is 0 Å². The average molecular weight is 232 g/mol. The maximum Gasteiger partial charge on any atom is 0.0208 e. The first-order chi connectivity index (χ1) is 8.25. The van der Waals surface area contributed by atoms with Crippen molar-refractivity contribution in [3.05, 3.63) is 35.9 Å². The molecule has 17 heavy (non-hydrogen) atoms. The molecule has 0 spiro atoms. The molecule has 1 aromatic carbocycles. The predicted octanol–water partition coefficient (Wildman–Crippen LogP) is 2.43. The summed E-state index contributed by atoms with van der Waals surface area (Å²) in [5, 5.41) is 0. The molecule has 2 N–H and O–H groups in total. The van der Waals surface area contributed by atoms with E-state index in [2.05, 4.69) is 42.2 Å². The van der Waals surface area contributed by atoms with Gasteiger partial charge in [-0.2, -0.15) is 0 Å². The second-order valence-corrected chi connectivity index (χ2v) is 5.29. The Morgan fingerprint density at radius 2 is 2.06 bits per heavy atom. The van der Waals surface area contributed by atoms with Crippen molar-refractivity contribution in [2.45, 2.75) is 44.7 Å². The maximum atomic E-state index is 6.26. The number of hydrogen-bond donors (Lipinski definition) is 1. The average Bonchev–Trinajstić information content (AvgIpc) is 2.33. The zero-order chi connectivity index (χ0) is 12.1. The lowest BCUT2D eigenvalue weighted by Crippen LogP contribution is -2.45. The van der Waals surface area contributed by atoms with Gasteiger partial charge in [-0.05, 0) is 38.3 Å². The molecule has 2 heteroatoms. The molecule has 1 heterocycles. The Morgan fingerprint density at radius 3 is 2.76 bits per heavy atom. The van der Waals surface area contributed by atoms with Crippen LogP contribution in [-0.4, -0.2) is 30.1 Å². The number of piperidine rings is 1. The van der Waals surface area contributed by atoms with Gasteiger partial charge in [-0.25, -0.2) is 0 Å². The first kappa shape index (κ1) is 12.6. The summed E-state index contributed by atoms with van der Waals surface area (Å²) in [6.45, 7) is 4.59. The molecule has 2 nitrogen and oxygen atoms in total. The summed E-state index contributed by atoms with van der Waals surface area (Å²) in [4.78, 5) is 2.55. The molecular formula is C15H24N2. The third-order valence-electron chi connectivity index (χ3n) is 3.75.